The summed E-state index contributed by atoms with van der Waals surface area (Å²) in [5.41, 5.74) is 2.25. The maximum absolute atomic E-state index is 13.4. The Labute approximate surface area is 185 Å². The predicted octanol–water partition coefficient (Wildman–Crippen LogP) is 6.43. The summed E-state index contributed by atoms with van der Waals surface area (Å²) in [6.45, 7) is 0. The van der Waals surface area contributed by atoms with Crippen LogP contribution in [0.3, 0.4) is 0 Å². The highest BCUT2D eigenvalue weighted by atomic mass is 35.5. The third kappa shape index (κ3) is 4.60. The van der Waals surface area contributed by atoms with Gasteiger partial charge in [-0.2, -0.15) is 0 Å². The molecule has 6 nitrogen and oxygen atoms in total. The summed E-state index contributed by atoms with van der Waals surface area (Å²) in [5, 5.41) is 14.6. The van der Waals surface area contributed by atoms with Gasteiger partial charge in [0.15, 0.2) is 5.13 Å². The lowest BCUT2D eigenvalue weighted by molar-refractivity contribution is -0.384. The molecule has 154 valence electrons. The molecule has 0 saturated heterocycles. The van der Waals surface area contributed by atoms with Crippen molar-refractivity contribution in [2.24, 2.45) is 0 Å². The fraction of sp³-hybridized carbons (Fsp3) is 0. The summed E-state index contributed by atoms with van der Waals surface area (Å²) >= 11 is 7.09. The molecule has 0 aliphatic carbocycles. The van der Waals surface area contributed by atoms with Crippen molar-refractivity contribution in [1.29, 1.82) is 0 Å². The molecule has 1 aromatic heterocycles. The number of non-ortho nitro benzene ring substituents is 1. The van der Waals surface area contributed by atoms with Gasteiger partial charge in [-0.1, -0.05) is 22.9 Å². The van der Waals surface area contributed by atoms with Gasteiger partial charge in [0.1, 0.15) is 5.82 Å². The molecule has 0 bridgehead atoms. The van der Waals surface area contributed by atoms with Crippen LogP contribution < -0.4 is 5.32 Å². The van der Waals surface area contributed by atoms with Crippen LogP contribution in [0.15, 0.2) is 72.8 Å². The van der Waals surface area contributed by atoms with E-state index in [1.165, 1.54) is 35.6 Å². The molecule has 1 N–H and O–H groups in total. The van der Waals surface area contributed by atoms with Crippen LogP contribution in [0.5, 0.6) is 0 Å². The maximum Gasteiger partial charge on any atom is 0.269 e. The van der Waals surface area contributed by atoms with Crippen LogP contribution in [-0.2, 0) is 0 Å². The molecule has 1 amide bonds. The van der Waals surface area contributed by atoms with Gasteiger partial charge in [-0.05, 0) is 66.2 Å². The highest BCUT2D eigenvalue weighted by Crippen LogP contribution is 2.39. The van der Waals surface area contributed by atoms with Gasteiger partial charge in [0.2, 0.25) is 0 Å². The van der Waals surface area contributed by atoms with E-state index in [-0.39, 0.29) is 17.4 Å². The fourth-order valence-electron chi connectivity index (χ4n) is 2.88. The molecular weight excluding hydrogens is 441 g/mol. The third-order valence-corrected chi connectivity index (χ3v) is 5.68. The topological polar surface area (TPSA) is 85.1 Å². The van der Waals surface area contributed by atoms with Crippen molar-refractivity contribution in [3.05, 3.63) is 99.3 Å². The van der Waals surface area contributed by atoms with Crippen LogP contribution in [0.1, 0.15) is 10.4 Å². The number of nitrogens with zero attached hydrogens (tertiary/aromatic N) is 2. The first kappa shape index (κ1) is 20.6. The molecule has 0 spiro atoms. The first-order valence-electron chi connectivity index (χ1n) is 8.99. The molecule has 4 rings (SSSR count). The summed E-state index contributed by atoms with van der Waals surface area (Å²) < 4.78 is 13.4. The molecule has 4 aromatic rings. The van der Waals surface area contributed by atoms with Crippen LogP contribution in [0, 0.1) is 15.9 Å². The Morgan fingerprint density at radius 1 is 0.968 bits per heavy atom. The number of halogens is 2. The average Bonchev–Trinajstić information content (AvgIpc) is 3.18. The minimum absolute atomic E-state index is 0.0344. The lowest BCUT2D eigenvalue weighted by Gasteiger charge is -2.03. The number of aromatic nitrogens is 1. The lowest BCUT2D eigenvalue weighted by atomic mass is 10.1. The van der Waals surface area contributed by atoms with Crippen molar-refractivity contribution in [1.82, 2.24) is 4.98 Å². The maximum atomic E-state index is 13.4. The molecule has 9 heteroatoms. The number of benzene rings is 3. The van der Waals surface area contributed by atoms with Crippen molar-refractivity contribution in [2.45, 2.75) is 0 Å². The van der Waals surface area contributed by atoms with Gasteiger partial charge < -0.3 is 0 Å². The molecule has 1 heterocycles. The van der Waals surface area contributed by atoms with Crippen LogP contribution in [-0.4, -0.2) is 15.8 Å². The largest absolute Gasteiger partial charge is 0.298 e. The number of nitrogens with one attached hydrogen (secondary N) is 1. The van der Waals surface area contributed by atoms with Crippen molar-refractivity contribution >= 4 is 39.7 Å². The molecule has 0 aliphatic heterocycles. The molecule has 0 radical (unpaired) electrons. The Morgan fingerprint density at radius 3 is 2.19 bits per heavy atom. The zero-order valence-corrected chi connectivity index (χ0v) is 17.3. The van der Waals surface area contributed by atoms with E-state index in [9.17, 15) is 19.3 Å². The van der Waals surface area contributed by atoms with Gasteiger partial charge in [0, 0.05) is 28.3 Å². The Hall–Kier alpha value is -3.62. The quantitative estimate of drug-likeness (QED) is 0.278. The number of hydrogen-bond acceptors (Lipinski definition) is 5. The summed E-state index contributed by atoms with van der Waals surface area (Å²) in [6.07, 6.45) is 0. The molecule has 31 heavy (non-hydrogen) atoms. The zero-order chi connectivity index (χ0) is 22.0. The van der Waals surface area contributed by atoms with E-state index in [2.05, 4.69) is 10.3 Å². The Bertz CT molecular complexity index is 1260. The van der Waals surface area contributed by atoms with E-state index < -0.39 is 4.92 Å². The molecule has 0 unspecified atom stereocenters. The van der Waals surface area contributed by atoms with E-state index in [0.29, 0.717) is 37.4 Å². The first-order valence-corrected chi connectivity index (χ1v) is 10.2. The highest BCUT2D eigenvalue weighted by molar-refractivity contribution is 7.19. The van der Waals surface area contributed by atoms with E-state index >= 15 is 0 Å². The second-order valence-electron chi connectivity index (χ2n) is 6.47. The number of carbonyl (C=O) groups is 1. The lowest BCUT2D eigenvalue weighted by Crippen LogP contribution is -2.11. The Balaban J connectivity index is 1.72. The van der Waals surface area contributed by atoms with Crippen LogP contribution in [0.2, 0.25) is 5.02 Å². The van der Waals surface area contributed by atoms with E-state index in [1.807, 2.05) is 0 Å². The van der Waals surface area contributed by atoms with Gasteiger partial charge in [-0.25, -0.2) is 9.37 Å². The number of rotatable bonds is 5. The third-order valence-electron chi connectivity index (χ3n) is 4.41. The van der Waals surface area contributed by atoms with E-state index in [4.69, 9.17) is 11.6 Å². The van der Waals surface area contributed by atoms with Crippen LogP contribution in [0.4, 0.5) is 15.2 Å². The number of hydrogen-bond donors (Lipinski definition) is 1. The standard InChI is InChI=1S/C22H13ClFN3O3S/c23-16-7-1-15(2-8-16)21(28)26-22-25-19(13-3-9-17(24)10-4-13)20(31-22)14-5-11-18(12-6-14)27(29)30/h1-12H,(H,25,26,28). The Kier molecular flexibility index (Phi) is 5.75. The zero-order valence-electron chi connectivity index (χ0n) is 15.7. The minimum atomic E-state index is -0.477. The van der Waals surface area contributed by atoms with Crippen molar-refractivity contribution in [3.63, 3.8) is 0 Å². The second kappa shape index (κ2) is 8.63. The summed E-state index contributed by atoms with van der Waals surface area (Å²) in [4.78, 5) is 28.3. The van der Waals surface area contributed by atoms with Gasteiger partial charge >= 0.3 is 0 Å². The number of nitro groups is 1. The molecule has 0 aliphatic rings. The van der Waals surface area contributed by atoms with E-state index in [0.717, 1.165) is 0 Å². The normalized spacial score (nSPS) is 10.6. The first-order chi connectivity index (χ1) is 14.9. The van der Waals surface area contributed by atoms with Gasteiger partial charge in [0.25, 0.3) is 11.6 Å². The number of thiazole rings is 1. The predicted molar refractivity (Wildman–Crippen MR) is 119 cm³/mol. The highest BCUT2D eigenvalue weighted by Gasteiger charge is 2.18. The van der Waals surface area contributed by atoms with Gasteiger partial charge in [-0.3, -0.25) is 20.2 Å². The van der Waals surface area contributed by atoms with Gasteiger partial charge in [0.05, 0.1) is 15.5 Å². The minimum Gasteiger partial charge on any atom is -0.298 e. The monoisotopic (exact) mass is 453 g/mol. The number of nitro benzene ring substituents is 1. The molecule has 0 fully saturated rings. The fourth-order valence-corrected chi connectivity index (χ4v) is 3.99. The van der Waals surface area contributed by atoms with E-state index in [1.54, 1.807) is 48.5 Å². The van der Waals surface area contributed by atoms with Crippen LogP contribution >= 0.6 is 22.9 Å². The summed E-state index contributed by atoms with van der Waals surface area (Å²) in [6, 6.07) is 18.3. The molecule has 0 saturated carbocycles. The van der Waals surface area contributed by atoms with Crippen molar-refractivity contribution in [3.8, 4) is 21.7 Å². The Morgan fingerprint density at radius 2 is 1.58 bits per heavy atom. The number of carbonyl (C=O) groups excluding carboxylic acids is 1. The smallest absolute Gasteiger partial charge is 0.269 e. The SMILES string of the molecule is O=C(Nc1nc(-c2ccc(F)cc2)c(-c2ccc([N+](=O)[O-])cc2)s1)c1ccc(Cl)cc1. The van der Waals surface area contributed by atoms with Crippen molar-refractivity contribution in [2.75, 3.05) is 5.32 Å². The summed E-state index contributed by atoms with van der Waals surface area (Å²) in [5.74, 6) is -0.738. The van der Waals surface area contributed by atoms with Gasteiger partial charge in [-0.15, -0.1) is 0 Å². The van der Waals surface area contributed by atoms with Crippen molar-refractivity contribution < 1.29 is 14.1 Å². The molecule has 0 atom stereocenters. The second-order valence-corrected chi connectivity index (χ2v) is 7.90. The summed E-state index contributed by atoms with van der Waals surface area (Å²) in [7, 11) is 0. The number of anilines is 1. The van der Waals surface area contributed by atoms with Crippen LogP contribution in [0.25, 0.3) is 21.7 Å². The molecule has 3 aromatic carbocycles. The number of amides is 1. The molecular formula is C22H13ClFN3O3S. The average molecular weight is 454 g/mol.